The number of benzene rings is 1. The van der Waals surface area contributed by atoms with E-state index >= 15 is 0 Å². The molecule has 148 valence electrons. The maximum atomic E-state index is 14.3. The molecule has 2 heterocycles. The smallest absolute Gasteiger partial charge is 0.223 e. The molecule has 1 fully saturated rings. The highest BCUT2D eigenvalue weighted by atomic mass is 35.5. The molecule has 0 saturated carbocycles. The third-order valence-corrected chi connectivity index (χ3v) is 5.04. The Morgan fingerprint density at radius 2 is 1.93 bits per heavy atom. The fraction of sp³-hybridized carbons (Fsp3) is 0.500. The van der Waals surface area contributed by atoms with Gasteiger partial charge in [-0.1, -0.05) is 0 Å². The summed E-state index contributed by atoms with van der Waals surface area (Å²) >= 11 is 0. The molecule has 0 amide bonds. The summed E-state index contributed by atoms with van der Waals surface area (Å²) in [5.41, 5.74) is 1.94. The average molecular weight is 395 g/mol. The standard InChI is InChI=1S/C20H27FN4O.ClH/c1-13(2)25-9-7-15(8-10-25)24-20-22-12-18(14(3)23-20)17-6-5-16(26-4)11-19(17)21;/h5-6,11-13,15H,7-10H2,1-4H3,(H,22,23,24);1H. The second-order valence-corrected chi connectivity index (χ2v) is 7.09. The van der Waals surface area contributed by atoms with E-state index in [0.29, 0.717) is 34.9 Å². The molecule has 1 N–H and O–H groups in total. The van der Waals surface area contributed by atoms with Crippen molar-refractivity contribution in [3.8, 4) is 16.9 Å². The van der Waals surface area contributed by atoms with E-state index in [9.17, 15) is 4.39 Å². The number of hydrogen-bond donors (Lipinski definition) is 1. The Kier molecular flexibility index (Phi) is 7.39. The Hall–Kier alpha value is -1.92. The number of anilines is 1. The molecular formula is C20H28ClFN4O. The van der Waals surface area contributed by atoms with Crippen molar-refractivity contribution in [1.82, 2.24) is 14.9 Å². The van der Waals surface area contributed by atoms with Crippen molar-refractivity contribution in [3.63, 3.8) is 0 Å². The molecule has 2 aromatic rings. The summed E-state index contributed by atoms with van der Waals surface area (Å²) in [5, 5.41) is 3.43. The highest BCUT2D eigenvalue weighted by Gasteiger charge is 2.21. The summed E-state index contributed by atoms with van der Waals surface area (Å²) in [6.45, 7) is 8.52. The lowest BCUT2D eigenvalue weighted by Crippen LogP contribution is -2.42. The molecule has 0 spiro atoms. The van der Waals surface area contributed by atoms with E-state index in [1.807, 2.05) is 6.92 Å². The van der Waals surface area contributed by atoms with Crippen LogP contribution < -0.4 is 10.1 Å². The van der Waals surface area contributed by atoms with Crippen molar-refractivity contribution in [3.05, 3.63) is 35.9 Å². The van der Waals surface area contributed by atoms with Gasteiger partial charge in [0.15, 0.2) is 0 Å². The van der Waals surface area contributed by atoms with E-state index in [1.54, 1.807) is 18.3 Å². The van der Waals surface area contributed by atoms with Crippen LogP contribution in [0.3, 0.4) is 0 Å². The maximum Gasteiger partial charge on any atom is 0.223 e. The fourth-order valence-corrected chi connectivity index (χ4v) is 3.39. The van der Waals surface area contributed by atoms with Crippen LogP contribution in [0.15, 0.2) is 24.4 Å². The number of halogens is 2. The van der Waals surface area contributed by atoms with Crippen molar-refractivity contribution in [2.75, 3.05) is 25.5 Å². The number of nitrogens with zero attached hydrogens (tertiary/aromatic N) is 3. The van der Waals surface area contributed by atoms with Crippen LogP contribution in [0, 0.1) is 12.7 Å². The Labute approximate surface area is 166 Å². The van der Waals surface area contributed by atoms with E-state index in [0.717, 1.165) is 31.6 Å². The molecule has 0 unspecified atom stereocenters. The van der Waals surface area contributed by atoms with E-state index in [1.165, 1.54) is 13.2 Å². The van der Waals surface area contributed by atoms with Gasteiger partial charge >= 0.3 is 0 Å². The Balaban J connectivity index is 0.00000261. The molecular weight excluding hydrogens is 367 g/mol. The van der Waals surface area contributed by atoms with Crippen LogP contribution in [-0.2, 0) is 0 Å². The summed E-state index contributed by atoms with van der Waals surface area (Å²) in [4.78, 5) is 11.4. The zero-order valence-corrected chi connectivity index (χ0v) is 17.1. The number of nitrogens with one attached hydrogen (secondary N) is 1. The Morgan fingerprint density at radius 3 is 2.48 bits per heavy atom. The Morgan fingerprint density at radius 1 is 1.22 bits per heavy atom. The Bertz CT molecular complexity index is 764. The van der Waals surface area contributed by atoms with Crippen molar-refractivity contribution in [1.29, 1.82) is 0 Å². The molecule has 1 aliphatic rings. The van der Waals surface area contributed by atoms with Gasteiger partial charge in [-0.25, -0.2) is 14.4 Å². The van der Waals surface area contributed by atoms with E-state index in [2.05, 4.69) is 34.0 Å². The molecule has 1 aliphatic heterocycles. The number of likely N-dealkylation sites (tertiary alicyclic amines) is 1. The van der Waals surface area contributed by atoms with Crippen LogP contribution in [0.1, 0.15) is 32.4 Å². The van der Waals surface area contributed by atoms with Gasteiger partial charge in [-0.3, -0.25) is 0 Å². The van der Waals surface area contributed by atoms with Crippen LogP contribution in [0.5, 0.6) is 5.75 Å². The lowest BCUT2D eigenvalue weighted by Gasteiger charge is -2.34. The number of aryl methyl sites for hydroxylation is 1. The van der Waals surface area contributed by atoms with Gasteiger partial charge in [-0.2, -0.15) is 0 Å². The fourth-order valence-electron chi connectivity index (χ4n) is 3.39. The molecule has 0 aliphatic carbocycles. The molecule has 0 atom stereocenters. The van der Waals surface area contributed by atoms with Crippen molar-refractivity contribution >= 4 is 18.4 Å². The number of rotatable bonds is 5. The minimum absolute atomic E-state index is 0. The predicted molar refractivity (Wildman–Crippen MR) is 109 cm³/mol. The van der Waals surface area contributed by atoms with Gasteiger partial charge in [0, 0.05) is 48.6 Å². The second kappa shape index (κ2) is 9.33. The SMILES string of the molecule is COc1ccc(-c2cnc(NC3CCN(C(C)C)CC3)nc2C)c(F)c1.Cl. The first-order valence-electron chi connectivity index (χ1n) is 9.16. The molecule has 27 heavy (non-hydrogen) atoms. The highest BCUT2D eigenvalue weighted by Crippen LogP contribution is 2.28. The molecule has 1 aromatic heterocycles. The number of ether oxygens (including phenoxy) is 1. The average Bonchev–Trinajstić information content (AvgIpc) is 2.63. The first kappa shape index (κ1) is 21.4. The zero-order valence-electron chi connectivity index (χ0n) is 16.3. The van der Waals surface area contributed by atoms with Gasteiger partial charge in [0.25, 0.3) is 0 Å². The number of hydrogen-bond acceptors (Lipinski definition) is 5. The summed E-state index contributed by atoms with van der Waals surface area (Å²) < 4.78 is 19.4. The number of methoxy groups -OCH3 is 1. The molecule has 0 radical (unpaired) electrons. The van der Waals surface area contributed by atoms with Gasteiger partial charge in [-0.15, -0.1) is 12.4 Å². The predicted octanol–water partition coefficient (Wildman–Crippen LogP) is 4.31. The number of aromatic nitrogens is 2. The van der Waals surface area contributed by atoms with E-state index in [-0.39, 0.29) is 18.2 Å². The van der Waals surface area contributed by atoms with Gasteiger partial charge in [0.1, 0.15) is 11.6 Å². The topological polar surface area (TPSA) is 50.3 Å². The minimum atomic E-state index is -0.335. The molecule has 0 bridgehead atoms. The summed E-state index contributed by atoms with van der Waals surface area (Å²) in [7, 11) is 1.52. The van der Waals surface area contributed by atoms with Crippen molar-refractivity contribution < 1.29 is 9.13 Å². The van der Waals surface area contributed by atoms with E-state index < -0.39 is 0 Å². The molecule has 5 nitrogen and oxygen atoms in total. The molecule has 7 heteroatoms. The largest absolute Gasteiger partial charge is 0.497 e. The van der Waals surface area contributed by atoms with Crippen molar-refractivity contribution in [2.24, 2.45) is 0 Å². The lowest BCUT2D eigenvalue weighted by atomic mass is 10.0. The molecule has 1 saturated heterocycles. The first-order chi connectivity index (χ1) is 12.5. The normalized spacial score (nSPS) is 15.5. The minimum Gasteiger partial charge on any atom is -0.497 e. The third kappa shape index (κ3) is 5.08. The molecule has 1 aromatic carbocycles. The summed E-state index contributed by atoms with van der Waals surface area (Å²) in [5.74, 6) is 0.775. The van der Waals surface area contributed by atoms with Gasteiger partial charge in [0.2, 0.25) is 5.95 Å². The second-order valence-electron chi connectivity index (χ2n) is 7.09. The summed E-state index contributed by atoms with van der Waals surface area (Å²) in [6.07, 6.45) is 3.85. The van der Waals surface area contributed by atoms with Crippen LogP contribution in [0.25, 0.3) is 11.1 Å². The first-order valence-corrected chi connectivity index (χ1v) is 9.16. The lowest BCUT2D eigenvalue weighted by molar-refractivity contribution is 0.177. The maximum absolute atomic E-state index is 14.3. The molecule has 3 rings (SSSR count). The van der Waals surface area contributed by atoms with Crippen molar-refractivity contribution in [2.45, 2.75) is 45.7 Å². The van der Waals surface area contributed by atoms with Gasteiger partial charge in [0.05, 0.1) is 12.8 Å². The van der Waals surface area contributed by atoms with Crippen LogP contribution in [0.4, 0.5) is 10.3 Å². The quantitative estimate of drug-likeness (QED) is 0.819. The van der Waals surface area contributed by atoms with Gasteiger partial charge in [-0.05, 0) is 45.7 Å². The summed E-state index contributed by atoms with van der Waals surface area (Å²) in [6, 6.07) is 5.80. The monoisotopic (exact) mass is 394 g/mol. The van der Waals surface area contributed by atoms with Crippen LogP contribution in [0.2, 0.25) is 0 Å². The third-order valence-electron chi connectivity index (χ3n) is 5.04. The van der Waals surface area contributed by atoms with Crippen LogP contribution >= 0.6 is 12.4 Å². The highest BCUT2D eigenvalue weighted by molar-refractivity contribution is 5.85. The zero-order chi connectivity index (χ0) is 18.7. The van der Waals surface area contributed by atoms with Gasteiger partial charge < -0.3 is 15.0 Å². The van der Waals surface area contributed by atoms with E-state index in [4.69, 9.17) is 4.74 Å². The number of piperidine rings is 1. The van der Waals surface area contributed by atoms with Crippen LogP contribution in [-0.4, -0.2) is 47.2 Å².